The van der Waals surface area contributed by atoms with Crippen LogP contribution in [0.1, 0.15) is 18.4 Å². The Bertz CT molecular complexity index is 878. The van der Waals surface area contributed by atoms with Crippen molar-refractivity contribution in [2.45, 2.75) is 25.4 Å². The second kappa shape index (κ2) is 9.20. The zero-order valence-corrected chi connectivity index (χ0v) is 17.4. The molecule has 2 aromatic rings. The van der Waals surface area contributed by atoms with Gasteiger partial charge in [-0.25, -0.2) is 0 Å². The van der Waals surface area contributed by atoms with Gasteiger partial charge in [-0.15, -0.1) is 0 Å². The molecule has 4 rings (SSSR count). The molecule has 0 unspecified atom stereocenters. The number of nitrogens with zero attached hydrogens (tertiary/aromatic N) is 2. The van der Waals surface area contributed by atoms with Crippen LogP contribution < -0.4 is 15.0 Å². The molecule has 30 heavy (non-hydrogen) atoms. The molecule has 0 spiro atoms. The normalized spacial score (nSPS) is 19.0. The van der Waals surface area contributed by atoms with Gasteiger partial charge in [-0.3, -0.25) is 9.59 Å². The lowest BCUT2D eigenvalue weighted by Crippen LogP contribution is -2.51. The van der Waals surface area contributed by atoms with E-state index in [1.807, 2.05) is 40.1 Å². The van der Waals surface area contributed by atoms with E-state index in [0.29, 0.717) is 18.2 Å². The van der Waals surface area contributed by atoms with Crippen molar-refractivity contribution in [1.29, 1.82) is 0 Å². The molecule has 2 aliphatic rings. The molecule has 2 aromatic carbocycles. The van der Waals surface area contributed by atoms with Crippen molar-refractivity contribution >= 4 is 17.5 Å². The van der Waals surface area contributed by atoms with Gasteiger partial charge in [-0.05, 0) is 42.9 Å². The van der Waals surface area contributed by atoms with Gasteiger partial charge in [0.15, 0.2) is 6.10 Å². The fraction of sp³-hybridized carbons (Fsp3) is 0.417. The first-order chi connectivity index (χ1) is 14.6. The number of amides is 2. The molecule has 2 aliphatic heterocycles. The molecule has 0 radical (unpaired) electrons. The number of hydrogen-bond donors (Lipinski definition) is 1. The van der Waals surface area contributed by atoms with Crippen molar-refractivity contribution in [3.8, 4) is 5.75 Å². The second-order valence-corrected chi connectivity index (χ2v) is 8.08. The predicted molar refractivity (Wildman–Crippen MR) is 117 cm³/mol. The number of ether oxygens (including phenoxy) is 1. The van der Waals surface area contributed by atoms with Gasteiger partial charge in [-0.2, -0.15) is 0 Å². The summed E-state index contributed by atoms with van der Waals surface area (Å²) in [6.07, 6.45) is 2.52. The van der Waals surface area contributed by atoms with Crippen molar-refractivity contribution in [3.05, 3.63) is 60.2 Å². The third kappa shape index (κ3) is 4.58. The Morgan fingerprint density at radius 1 is 1.03 bits per heavy atom. The summed E-state index contributed by atoms with van der Waals surface area (Å²) in [5, 5.41) is 2.64. The molecule has 0 bridgehead atoms. The Morgan fingerprint density at radius 2 is 1.73 bits per heavy atom. The zero-order valence-electron chi connectivity index (χ0n) is 17.4. The highest BCUT2D eigenvalue weighted by atomic mass is 16.5. The molecular weight excluding hydrogens is 378 g/mol. The van der Waals surface area contributed by atoms with E-state index >= 15 is 0 Å². The topological polar surface area (TPSA) is 61.9 Å². The number of likely N-dealkylation sites (N-methyl/N-ethyl adjacent to an activating group) is 1. The van der Waals surface area contributed by atoms with Crippen LogP contribution in [0, 0.1) is 5.92 Å². The van der Waals surface area contributed by atoms with Crippen LogP contribution in [0.5, 0.6) is 5.75 Å². The van der Waals surface area contributed by atoms with Gasteiger partial charge in [0.25, 0.3) is 5.91 Å². The third-order valence-corrected chi connectivity index (χ3v) is 6.06. The summed E-state index contributed by atoms with van der Waals surface area (Å²) in [5.41, 5.74) is 2.23. The smallest absolute Gasteiger partial charge is 0.262 e. The van der Waals surface area contributed by atoms with E-state index in [4.69, 9.17) is 4.74 Å². The monoisotopic (exact) mass is 407 g/mol. The average molecular weight is 408 g/mol. The Hall–Kier alpha value is -3.02. The number of fused-ring (bicyclic) bond motifs is 1. The van der Waals surface area contributed by atoms with Crippen molar-refractivity contribution in [1.82, 2.24) is 10.2 Å². The maximum absolute atomic E-state index is 13.0. The van der Waals surface area contributed by atoms with Crippen LogP contribution in [0.3, 0.4) is 0 Å². The summed E-state index contributed by atoms with van der Waals surface area (Å²) >= 11 is 0. The van der Waals surface area contributed by atoms with Crippen LogP contribution in [-0.2, 0) is 16.0 Å². The maximum atomic E-state index is 13.0. The molecule has 6 nitrogen and oxygen atoms in total. The fourth-order valence-corrected chi connectivity index (χ4v) is 4.35. The Labute approximate surface area is 177 Å². The van der Waals surface area contributed by atoms with Gasteiger partial charge in [0.2, 0.25) is 5.91 Å². The lowest BCUT2D eigenvalue weighted by Gasteiger charge is -2.37. The van der Waals surface area contributed by atoms with Gasteiger partial charge >= 0.3 is 0 Å². The van der Waals surface area contributed by atoms with Gasteiger partial charge in [0.1, 0.15) is 5.75 Å². The lowest BCUT2D eigenvalue weighted by atomic mass is 9.90. The van der Waals surface area contributed by atoms with E-state index in [9.17, 15) is 9.59 Å². The van der Waals surface area contributed by atoms with E-state index in [1.54, 1.807) is 7.05 Å². The summed E-state index contributed by atoms with van der Waals surface area (Å²) in [6.45, 7) is 2.21. The summed E-state index contributed by atoms with van der Waals surface area (Å²) < 4.78 is 5.83. The number of piperidine rings is 1. The predicted octanol–water partition coefficient (Wildman–Crippen LogP) is 2.48. The first-order valence-corrected chi connectivity index (χ1v) is 10.7. The molecule has 0 aromatic heterocycles. The number of anilines is 1. The summed E-state index contributed by atoms with van der Waals surface area (Å²) in [6, 6.07) is 18.2. The average Bonchev–Trinajstić information content (AvgIpc) is 2.79. The van der Waals surface area contributed by atoms with Crippen molar-refractivity contribution in [2.75, 3.05) is 38.1 Å². The minimum atomic E-state index is -0.616. The molecule has 1 N–H and O–H groups in total. The number of para-hydroxylation sites is 2. The minimum absolute atomic E-state index is 0.112. The SMILES string of the molecule is CNC(=O)[C@H]1CN(CC(=O)N2CCC(Cc3ccccc3)CC2)c2ccccc2O1. The van der Waals surface area contributed by atoms with Crippen molar-refractivity contribution < 1.29 is 14.3 Å². The number of rotatable bonds is 5. The highest BCUT2D eigenvalue weighted by Gasteiger charge is 2.32. The first-order valence-electron chi connectivity index (χ1n) is 10.7. The molecule has 2 amide bonds. The number of likely N-dealkylation sites (tertiary alicyclic amines) is 1. The lowest BCUT2D eigenvalue weighted by molar-refractivity contribution is -0.132. The van der Waals surface area contributed by atoms with E-state index < -0.39 is 6.10 Å². The highest BCUT2D eigenvalue weighted by Crippen LogP contribution is 2.33. The van der Waals surface area contributed by atoms with Crippen LogP contribution in [0.15, 0.2) is 54.6 Å². The van der Waals surface area contributed by atoms with Gasteiger partial charge < -0.3 is 19.9 Å². The van der Waals surface area contributed by atoms with E-state index in [2.05, 4.69) is 29.6 Å². The first kappa shape index (κ1) is 20.3. The van der Waals surface area contributed by atoms with Gasteiger partial charge in [0.05, 0.1) is 18.8 Å². The third-order valence-electron chi connectivity index (χ3n) is 6.06. The van der Waals surface area contributed by atoms with E-state index in [1.165, 1.54) is 5.56 Å². The molecular formula is C24H29N3O3. The molecule has 1 saturated heterocycles. The van der Waals surface area contributed by atoms with E-state index in [-0.39, 0.29) is 18.4 Å². The van der Waals surface area contributed by atoms with Gasteiger partial charge in [0, 0.05) is 20.1 Å². The van der Waals surface area contributed by atoms with Crippen LogP contribution >= 0.6 is 0 Å². The molecule has 1 fully saturated rings. The van der Waals surface area contributed by atoms with Crippen LogP contribution in [0.4, 0.5) is 5.69 Å². The second-order valence-electron chi connectivity index (χ2n) is 8.08. The Balaban J connectivity index is 1.36. The molecule has 2 heterocycles. The number of carbonyl (C=O) groups excluding carboxylic acids is 2. The quantitative estimate of drug-likeness (QED) is 0.827. The zero-order chi connectivity index (χ0) is 20.9. The molecule has 1 atom stereocenters. The van der Waals surface area contributed by atoms with Crippen LogP contribution in [-0.4, -0.2) is 56.0 Å². The fourth-order valence-electron chi connectivity index (χ4n) is 4.35. The van der Waals surface area contributed by atoms with Gasteiger partial charge in [-0.1, -0.05) is 42.5 Å². The number of benzene rings is 2. The number of carbonyl (C=O) groups is 2. The summed E-state index contributed by atoms with van der Waals surface area (Å²) in [7, 11) is 1.60. The highest BCUT2D eigenvalue weighted by molar-refractivity contribution is 5.86. The maximum Gasteiger partial charge on any atom is 0.262 e. The largest absolute Gasteiger partial charge is 0.477 e. The molecule has 0 saturated carbocycles. The number of nitrogens with one attached hydrogen (secondary N) is 1. The molecule has 0 aliphatic carbocycles. The molecule has 6 heteroatoms. The summed E-state index contributed by atoms with van der Waals surface area (Å²) in [5.74, 6) is 1.20. The van der Waals surface area contributed by atoms with Crippen molar-refractivity contribution in [3.63, 3.8) is 0 Å². The Morgan fingerprint density at radius 3 is 2.47 bits per heavy atom. The minimum Gasteiger partial charge on any atom is -0.477 e. The number of hydrogen-bond acceptors (Lipinski definition) is 4. The summed E-state index contributed by atoms with van der Waals surface area (Å²) in [4.78, 5) is 29.1. The Kier molecular flexibility index (Phi) is 6.21. The van der Waals surface area contributed by atoms with Crippen molar-refractivity contribution in [2.24, 2.45) is 5.92 Å². The molecule has 158 valence electrons. The van der Waals surface area contributed by atoms with E-state index in [0.717, 1.165) is 38.0 Å². The van der Waals surface area contributed by atoms with Crippen LogP contribution in [0.2, 0.25) is 0 Å². The standard InChI is InChI=1S/C24H29N3O3/c1-25-24(29)22-16-27(20-9-5-6-10-21(20)30-22)17-23(28)26-13-11-19(12-14-26)15-18-7-3-2-4-8-18/h2-10,19,22H,11-17H2,1H3,(H,25,29)/t22-/m1/s1. The van der Waals surface area contributed by atoms with Crippen LogP contribution in [0.25, 0.3) is 0 Å².